The Bertz CT molecular complexity index is 1510. The number of rotatable bonds is 42. The number of aliphatic hydroxyl groups excluding tert-OH is 5. The summed E-state index contributed by atoms with van der Waals surface area (Å²) in [5, 5.41) is 43.2. The molecular weight excluding hydrogens is 1320 g/mol. The van der Waals surface area contributed by atoms with Gasteiger partial charge in [-0.2, -0.15) is 24.9 Å². The van der Waals surface area contributed by atoms with E-state index in [2.05, 4.69) is 219 Å². The van der Waals surface area contributed by atoms with Crippen LogP contribution >= 0.6 is 11.8 Å². The number of nitrogens with two attached hydrogens (primary N) is 1. The number of amides is 1. The lowest BCUT2D eigenvalue weighted by Gasteiger charge is -2.22. The van der Waals surface area contributed by atoms with Crippen LogP contribution in [0.1, 0.15) is 403 Å². The zero-order valence-electron chi connectivity index (χ0n) is 77.5. The van der Waals surface area contributed by atoms with Crippen LogP contribution in [0.4, 0.5) is 13.2 Å². The second kappa shape index (κ2) is 96.1. The van der Waals surface area contributed by atoms with E-state index in [1.54, 1.807) is 20.8 Å². The van der Waals surface area contributed by atoms with Crippen LogP contribution in [0.5, 0.6) is 0 Å². The van der Waals surface area contributed by atoms with E-state index in [4.69, 9.17) is 31.3 Å². The van der Waals surface area contributed by atoms with Crippen molar-refractivity contribution in [2.45, 2.75) is 409 Å². The molecule has 104 heavy (non-hydrogen) atoms. The van der Waals surface area contributed by atoms with Gasteiger partial charge in [-0.1, -0.05) is 345 Å². The molecule has 0 fully saturated rings. The van der Waals surface area contributed by atoms with Gasteiger partial charge in [0, 0.05) is 39.0 Å². The lowest BCUT2D eigenvalue weighted by Crippen LogP contribution is -2.27. The van der Waals surface area contributed by atoms with Crippen LogP contribution in [0.15, 0.2) is 0 Å². The largest absolute Gasteiger partial charge is 0.469 e. The van der Waals surface area contributed by atoms with E-state index in [1.807, 2.05) is 25.6 Å². The summed E-state index contributed by atoms with van der Waals surface area (Å²) in [5.74, 6) is 10.5. The number of carbonyl (C=O) groups is 2. The molecule has 7 atom stereocenters. The maximum Gasteiger partial charge on any atom is 0.392 e. The minimum absolute atomic E-state index is 0.0677. The Morgan fingerprint density at radius 3 is 0.846 bits per heavy atom. The van der Waals surface area contributed by atoms with Crippen molar-refractivity contribution in [1.29, 1.82) is 0 Å². The number of primary amides is 1. The van der Waals surface area contributed by atoms with Crippen molar-refractivity contribution in [3.05, 3.63) is 0 Å². The number of thioether (sulfide) groups is 1. The third kappa shape index (κ3) is 119. The van der Waals surface area contributed by atoms with Crippen molar-refractivity contribution in [2.75, 3.05) is 52.2 Å². The number of esters is 1. The summed E-state index contributed by atoms with van der Waals surface area (Å²) >= 11 is 1.85. The van der Waals surface area contributed by atoms with Crippen molar-refractivity contribution in [2.24, 2.45) is 124 Å². The highest BCUT2D eigenvalue weighted by molar-refractivity contribution is 7.98. The molecule has 0 rings (SSSR count). The van der Waals surface area contributed by atoms with Crippen molar-refractivity contribution >= 4 is 23.6 Å². The summed E-state index contributed by atoms with van der Waals surface area (Å²) in [4.78, 5) is 21.9. The average molecular weight is 1530 g/mol. The number of halogens is 3. The molecule has 0 aliphatic heterocycles. The third-order valence-electron chi connectivity index (χ3n) is 18.3. The summed E-state index contributed by atoms with van der Waals surface area (Å²) in [6, 6.07) is 0. The number of hydrogen-bond donors (Lipinski definition) is 6. The fourth-order valence-electron chi connectivity index (χ4n) is 10.1. The van der Waals surface area contributed by atoms with E-state index in [0.717, 1.165) is 99.7 Å². The first-order valence-electron chi connectivity index (χ1n) is 43.1. The van der Waals surface area contributed by atoms with Crippen LogP contribution in [-0.4, -0.2) is 95.7 Å². The van der Waals surface area contributed by atoms with Gasteiger partial charge in [0.15, 0.2) is 0 Å². The van der Waals surface area contributed by atoms with E-state index in [1.165, 1.54) is 96.3 Å². The van der Waals surface area contributed by atoms with Gasteiger partial charge in [0.1, 0.15) is 0 Å². The molecule has 1 amide bonds. The zero-order valence-corrected chi connectivity index (χ0v) is 78.4. The lowest BCUT2D eigenvalue weighted by molar-refractivity contribution is -0.187. The smallest absolute Gasteiger partial charge is 0.392 e. The number of carbonyl (C=O) groups excluding carboxylic acids is 2. The molecule has 644 valence electrons. The fourth-order valence-corrected chi connectivity index (χ4v) is 10.7. The highest BCUT2D eigenvalue weighted by Crippen LogP contribution is 2.35. The minimum atomic E-state index is -4.01. The van der Waals surface area contributed by atoms with Gasteiger partial charge in [0.2, 0.25) is 5.91 Å². The molecule has 0 heterocycles. The van der Waals surface area contributed by atoms with Gasteiger partial charge in [0.25, 0.3) is 0 Å². The molecule has 0 aliphatic carbocycles. The van der Waals surface area contributed by atoms with Gasteiger partial charge < -0.3 is 36.0 Å². The van der Waals surface area contributed by atoms with Gasteiger partial charge in [0.05, 0.1) is 18.9 Å². The van der Waals surface area contributed by atoms with Crippen molar-refractivity contribution in [3.8, 4) is 0 Å². The van der Waals surface area contributed by atoms with E-state index >= 15 is 0 Å². The maximum atomic E-state index is 12.2. The number of ether oxygens (including phenoxy) is 1. The van der Waals surface area contributed by atoms with E-state index in [-0.39, 0.29) is 36.1 Å². The van der Waals surface area contributed by atoms with Gasteiger partial charge in [-0.3, -0.25) is 9.59 Å². The van der Waals surface area contributed by atoms with Crippen LogP contribution < -0.4 is 5.73 Å². The number of alkyl halides is 3. The predicted octanol–water partition coefficient (Wildman–Crippen LogP) is 28.2. The average Bonchev–Trinajstić information content (AvgIpc) is 0.883. The first-order valence-corrected chi connectivity index (χ1v) is 44.5. The summed E-state index contributed by atoms with van der Waals surface area (Å²) in [5.41, 5.74) is 5.18. The number of unbranched alkanes of at least 4 members (excludes halogenated alkanes) is 4. The quantitative estimate of drug-likeness (QED) is 0.0257. The molecule has 7 N–H and O–H groups in total. The van der Waals surface area contributed by atoms with E-state index in [9.17, 15) is 22.8 Å². The summed E-state index contributed by atoms with van der Waals surface area (Å²) in [6.45, 7) is 76.7. The molecule has 1 unspecified atom stereocenters. The van der Waals surface area contributed by atoms with E-state index in [0.29, 0.717) is 98.6 Å². The zero-order chi connectivity index (χ0) is 84.5. The second-order valence-electron chi connectivity index (χ2n) is 34.3. The second-order valence-corrected chi connectivity index (χ2v) is 35.3. The van der Waals surface area contributed by atoms with Gasteiger partial charge in [-0.15, -0.1) is 0 Å². The van der Waals surface area contributed by atoms with Gasteiger partial charge in [-0.25, -0.2) is 0 Å². The monoisotopic (exact) mass is 1520 g/mol. The van der Waals surface area contributed by atoms with Gasteiger partial charge >= 0.3 is 12.1 Å². The molecule has 0 bridgehead atoms. The molecule has 0 saturated heterocycles. The van der Waals surface area contributed by atoms with Crippen LogP contribution in [-0.2, 0) is 14.3 Å². The molecule has 0 saturated carbocycles. The highest BCUT2D eigenvalue weighted by atomic mass is 32.2. The highest BCUT2D eigenvalue weighted by Gasteiger charge is 2.40. The van der Waals surface area contributed by atoms with Crippen LogP contribution in [0.2, 0.25) is 0 Å². The van der Waals surface area contributed by atoms with Crippen LogP contribution in [0.3, 0.4) is 0 Å². The molecule has 13 heteroatoms. The molecule has 0 spiro atoms. The normalized spacial score (nSPS) is 12.9. The Kier molecular flexibility index (Phi) is 119. The first kappa shape index (κ1) is 129. The SMILES string of the molecule is CC(C)CCCO.CC(C)CCO.CC(C)C[C@@H](CO)C(C)C.CCCC(C)C(C)C.CCCCC(C)C.CCCCC(C)C.CCCCCC(C)C.CCC[C@@H](C(=O)OC)C(C)C.CCC[C@@H](C(N)=O)C(C)C.CCC[C@@H](CO)C(C)C.CCC[C@H](C(C)C)C(F)(F)F.CSCC[C@@H](CO)C(C)C. The lowest BCUT2D eigenvalue weighted by atomic mass is 9.88. The maximum absolute atomic E-state index is 12.2. The fraction of sp³-hybridized carbons (Fsp3) is 0.978. The Balaban J connectivity index is -0.0000000891. The Morgan fingerprint density at radius 2 is 0.692 bits per heavy atom. The van der Waals surface area contributed by atoms with Crippen molar-refractivity contribution < 1.29 is 53.0 Å². The standard InChI is InChI=1S/C9H18O2.C9H20O.C8H15F3.C8H17NO.C8H18OS.C8H18O.2C8H18.2C7H16.C6H14O.C5H12O/c1-5-6-8(7(2)3)9(10)11-4;1-7(2)5-9(6-10)8(3)4;1-4-5-7(6(2)3)8(9,10)11;1-4-5-7(6(2)3)8(9)10;1-7(2)8(6-9)4-5-10-3;1-4-5-8(6-9)7(2)3;1-5-6-8(4)7(2)3;1-4-5-6-7-8(2)3;2*1-4-5-6-7(2)3;1-6(2)4-3-5-7;1-5(2)3-4-6/h7-8H,5-6H2,1-4H3;7-10H,5-6H2,1-4H3;6-7H,4-5H2,1-3H3;6-7H,4-5H2,1-3H3,(H2,9,10);7-9H,4-6H2,1-3H3;7-9H,4-6H2,1-3H3;7-8H,5-6H2,1-4H3;8H,4-7H2,1-3H3;2*7H,4-6H2,1-3H3;6-7H,3-5H2,1-2H3;5-6H,3-4H2,1-2H3/t8-;9-;2*7-;2*8-;;;;;;/m101100....../s1. The Hall–Kier alpha value is -1.12. The minimum Gasteiger partial charge on any atom is -0.469 e. The molecule has 0 aromatic rings. The Morgan fingerprint density at radius 1 is 0.356 bits per heavy atom. The first-order chi connectivity index (χ1) is 48.2. The Labute approximate surface area is 658 Å². The summed E-state index contributed by atoms with van der Waals surface area (Å²) < 4.78 is 41.2. The number of aliphatic hydroxyl groups is 5. The molecular formula is C91H200F3NO8S. The predicted molar refractivity (Wildman–Crippen MR) is 465 cm³/mol. The van der Waals surface area contributed by atoms with Crippen molar-refractivity contribution in [1.82, 2.24) is 0 Å². The van der Waals surface area contributed by atoms with Crippen LogP contribution in [0, 0.1) is 118 Å². The van der Waals surface area contributed by atoms with Crippen LogP contribution in [0.25, 0.3) is 0 Å². The van der Waals surface area contributed by atoms with E-state index < -0.39 is 12.1 Å². The summed E-state index contributed by atoms with van der Waals surface area (Å²) in [7, 11) is 1.45. The topological polar surface area (TPSA) is 171 Å². The summed E-state index contributed by atoms with van der Waals surface area (Å²) in [6.07, 6.45) is 27.2. The molecule has 9 nitrogen and oxygen atoms in total. The van der Waals surface area contributed by atoms with Gasteiger partial charge in [-0.05, 0) is 170 Å². The number of hydrogen-bond acceptors (Lipinski definition) is 9. The molecule has 0 aromatic carbocycles. The third-order valence-corrected chi connectivity index (χ3v) is 19.0. The molecule has 0 aromatic heterocycles. The van der Waals surface area contributed by atoms with Crippen molar-refractivity contribution in [3.63, 3.8) is 0 Å². The number of methoxy groups -OCH3 is 1. The molecule has 0 radical (unpaired) electrons. The molecule has 0 aliphatic rings.